The Kier molecular flexibility index (Phi) is 4.09. The van der Waals surface area contributed by atoms with Gasteiger partial charge in [-0.15, -0.1) is 13.2 Å². The molecule has 2 aromatic rings. The van der Waals surface area contributed by atoms with Crippen molar-refractivity contribution in [2.75, 3.05) is 6.61 Å². The molecule has 120 valence electrons. The lowest BCUT2D eigenvalue weighted by Gasteiger charge is -2.27. The fourth-order valence-corrected chi connectivity index (χ4v) is 2.64. The molecule has 1 aliphatic heterocycles. The lowest BCUT2D eigenvalue weighted by atomic mass is 9.91. The lowest BCUT2D eigenvalue weighted by Crippen LogP contribution is -2.21. The summed E-state index contributed by atoms with van der Waals surface area (Å²) >= 11 is 0. The van der Waals surface area contributed by atoms with Gasteiger partial charge in [0.25, 0.3) is 0 Å². The first-order valence-corrected chi connectivity index (χ1v) is 7.03. The highest BCUT2D eigenvalue weighted by molar-refractivity contribution is 5.90. The first-order chi connectivity index (χ1) is 10.9. The van der Waals surface area contributed by atoms with Crippen molar-refractivity contribution in [2.45, 2.75) is 18.9 Å². The molecule has 0 saturated heterocycles. The third kappa shape index (κ3) is 3.53. The van der Waals surface area contributed by atoms with E-state index in [1.54, 1.807) is 6.07 Å². The van der Waals surface area contributed by atoms with E-state index in [4.69, 9.17) is 4.74 Å². The minimum Gasteiger partial charge on any atom is -0.369 e. The van der Waals surface area contributed by atoms with E-state index in [1.165, 1.54) is 12.1 Å². The highest BCUT2D eigenvalue weighted by Crippen LogP contribution is 2.33. The van der Waals surface area contributed by atoms with Gasteiger partial charge in [0.15, 0.2) is 0 Å². The van der Waals surface area contributed by atoms with Crippen molar-refractivity contribution in [2.24, 2.45) is 0 Å². The summed E-state index contributed by atoms with van der Waals surface area (Å²) in [5.74, 6) is -1.42. The van der Waals surface area contributed by atoms with Gasteiger partial charge in [-0.1, -0.05) is 36.4 Å². The Bertz CT molecular complexity index is 711. The number of carbonyl (C=O) groups is 1. The van der Waals surface area contributed by atoms with Crippen LogP contribution in [0.15, 0.2) is 48.5 Å². The first-order valence-electron chi connectivity index (χ1n) is 7.03. The van der Waals surface area contributed by atoms with Crippen LogP contribution in [0, 0.1) is 0 Å². The van der Waals surface area contributed by atoms with Crippen LogP contribution in [0.25, 0.3) is 0 Å². The second-order valence-corrected chi connectivity index (χ2v) is 5.16. The Hall–Kier alpha value is -2.34. The summed E-state index contributed by atoms with van der Waals surface area (Å²) in [6.07, 6.45) is -4.76. The number of alkyl halides is 3. The van der Waals surface area contributed by atoms with E-state index in [0.29, 0.717) is 18.6 Å². The molecule has 23 heavy (non-hydrogen) atoms. The van der Waals surface area contributed by atoms with Crippen molar-refractivity contribution in [1.29, 1.82) is 0 Å². The van der Waals surface area contributed by atoms with Crippen molar-refractivity contribution in [3.8, 4) is 0 Å². The topological polar surface area (TPSA) is 35.5 Å². The number of rotatable bonds is 2. The van der Waals surface area contributed by atoms with Crippen LogP contribution in [0.3, 0.4) is 0 Å². The zero-order valence-electron chi connectivity index (χ0n) is 12.0. The highest BCUT2D eigenvalue weighted by Gasteiger charge is 2.35. The lowest BCUT2D eigenvalue weighted by molar-refractivity contribution is -0.291. The second-order valence-electron chi connectivity index (χ2n) is 5.16. The van der Waals surface area contributed by atoms with Crippen molar-refractivity contribution in [1.82, 2.24) is 0 Å². The van der Waals surface area contributed by atoms with Gasteiger partial charge in [-0.3, -0.25) is 0 Å². The third-order valence-corrected chi connectivity index (χ3v) is 3.63. The van der Waals surface area contributed by atoms with Crippen molar-refractivity contribution < 1.29 is 27.4 Å². The van der Waals surface area contributed by atoms with Crippen molar-refractivity contribution in [3.63, 3.8) is 0 Å². The molecule has 0 N–H and O–H groups in total. The Labute approximate surface area is 130 Å². The SMILES string of the molecule is O=C(OC(F)(F)F)c1ccc2c(c1)C(c1ccccc1)OCC2. The molecule has 0 spiro atoms. The van der Waals surface area contributed by atoms with E-state index >= 15 is 0 Å². The summed E-state index contributed by atoms with van der Waals surface area (Å²) in [5.41, 5.74) is 2.38. The molecule has 1 atom stereocenters. The summed E-state index contributed by atoms with van der Waals surface area (Å²) in [4.78, 5) is 11.6. The largest absolute Gasteiger partial charge is 0.575 e. The van der Waals surface area contributed by atoms with Gasteiger partial charge in [0.2, 0.25) is 0 Å². The van der Waals surface area contributed by atoms with Crippen LogP contribution in [-0.4, -0.2) is 18.9 Å². The molecule has 1 aliphatic rings. The second kappa shape index (κ2) is 6.04. The molecule has 0 fully saturated rings. The average molecular weight is 322 g/mol. The van der Waals surface area contributed by atoms with Gasteiger partial charge in [-0.05, 0) is 35.2 Å². The summed E-state index contributed by atoms with van der Waals surface area (Å²) < 4.78 is 45.8. The standard InChI is InChI=1S/C17H13F3O3/c18-17(19,20)23-16(21)13-7-6-11-8-9-22-15(14(11)10-13)12-4-2-1-3-5-12/h1-7,10,15H,8-9H2. The fourth-order valence-electron chi connectivity index (χ4n) is 2.64. The molecule has 3 nitrogen and oxygen atoms in total. The Balaban J connectivity index is 1.95. The maximum Gasteiger partial charge on any atom is 0.575 e. The molecule has 0 saturated carbocycles. The van der Waals surface area contributed by atoms with Crippen molar-refractivity contribution >= 4 is 5.97 Å². The van der Waals surface area contributed by atoms with E-state index in [-0.39, 0.29) is 5.56 Å². The molecule has 0 amide bonds. The van der Waals surface area contributed by atoms with E-state index < -0.39 is 18.4 Å². The number of fused-ring (bicyclic) bond motifs is 1. The minimum absolute atomic E-state index is 0.146. The predicted molar refractivity (Wildman–Crippen MR) is 75.9 cm³/mol. The molecule has 0 radical (unpaired) electrons. The minimum atomic E-state index is -5.00. The maximum atomic E-state index is 12.2. The molecular formula is C17H13F3O3. The molecule has 0 aromatic heterocycles. The number of carbonyl (C=O) groups excluding carboxylic acids is 1. The van der Waals surface area contributed by atoms with E-state index in [2.05, 4.69) is 4.74 Å². The van der Waals surface area contributed by atoms with Crippen LogP contribution in [0.2, 0.25) is 0 Å². The normalized spacial score (nSPS) is 17.4. The zero-order valence-corrected chi connectivity index (χ0v) is 12.0. The average Bonchev–Trinajstić information content (AvgIpc) is 2.53. The summed E-state index contributed by atoms with van der Waals surface area (Å²) in [6, 6.07) is 13.7. The van der Waals surface area contributed by atoms with Crippen LogP contribution >= 0.6 is 0 Å². The van der Waals surface area contributed by atoms with Crippen LogP contribution in [0.5, 0.6) is 0 Å². The first kappa shape index (κ1) is 15.6. The summed E-state index contributed by atoms with van der Waals surface area (Å²) in [7, 11) is 0. The number of ether oxygens (including phenoxy) is 2. The summed E-state index contributed by atoms with van der Waals surface area (Å²) in [5, 5.41) is 0. The van der Waals surface area contributed by atoms with Gasteiger partial charge in [0, 0.05) is 0 Å². The van der Waals surface area contributed by atoms with Gasteiger partial charge in [0.05, 0.1) is 12.2 Å². The fraction of sp³-hybridized carbons (Fsp3) is 0.235. The van der Waals surface area contributed by atoms with Gasteiger partial charge in [0.1, 0.15) is 6.10 Å². The zero-order chi connectivity index (χ0) is 16.4. The molecule has 6 heteroatoms. The Morgan fingerprint density at radius 1 is 1.13 bits per heavy atom. The number of hydrogen-bond donors (Lipinski definition) is 0. The van der Waals surface area contributed by atoms with E-state index in [9.17, 15) is 18.0 Å². The van der Waals surface area contributed by atoms with Crippen LogP contribution in [0.4, 0.5) is 13.2 Å². The van der Waals surface area contributed by atoms with Gasteiger partial charge in [-0.2, -0.15) is 0 Å². The van der Waals surface area contributed by atoms with Crippen LogP contribution in [-0.2, 0) is 15.9 Å². The molecule has 0 aliphatic carbocycles. The molecular weight excluding hydrogens is 309 g/mol. The number of esters is 1. The van der Waals surface area contributed by atoms with Crippen molar-refractivity contribution in [3.05, 3.63) is 70.8 Å². The number of benzene rings is 2. The van der Waals surface area contributed by atoms with Gasteiger partial charge >= 0.3 is 12.3 Å². The molecule has 1 unspecified atom stereocenters. The highest BCUT2D eigenvalue weighted by atomic mass is 19.4. The molecule has 2 aromatic carbocycles. The van der Waals surface area contributed by atoms with E-state index in [1.807, 2.05) is 30.3 Å². The smallest absolute Gasteiger partial charge is 0.369 e. The monoisotopic (exact) mass is 322 g/mol. The van der Waals surface area contributed by atoms with Gasteiger partial charge in [-0.25, -0.2) is 4.79 Å². The van der Waals surface area contributed by atoms with Crippen LogP contribution < -0.4 is 0 Å². The summed E-state index contributed by atoms with van der Waals surface area (Å²) in [6.45, 7) is 0.513. The molecule has 1 heterocycles. The van der Waals surface area contributed by atoms with Gasteiger partial charge < -0.3 is 9.47 Å². The van der Waals surface area contributed by atoms with E-state index in [0.717, 1.165) is 11.1 Å². The third-order valence-electron chi connectivity index (χ3n) is 3.63. The molecule has 0 bridgehead atoms. The number of hydrogen-bond acceptors (Lipinski definition) is 3. The predicted octanol–water partition coefficient (Wildman–Crippen LogP) is 4.03. The quantitative estimate of drug-likeness (QED) is 0.783. The maximum absolute atomic E-state index is 12.2. The Morgan fingerprint density at radius 2 is 1.87 bits per heavy atom. The number of halogens is 3. The Morgan fingerprint density at radius 3 is 2.57 bits per heavy atom. The van der Waals surface area contributed by atoms with Crippen LogP contribution in [0.1, 0.15) is 33.2 Å². The molecule has 3 rings (SSSR count).